The molecule has 1 unspecified atom stereocenters. The van der Waals surface area contributed by atoms with Gasteiger partial charge < -0.3 is 15.2 Å². The minimum Gasteiger partial charge on any atom is -0.497 e. The SMILES string of the molecule is COc1cccc(C(CCN)OC)c1. The van der Waals surface area contributed by atoms with Gasteiger partial charge in [-0.15, -0.1) is 0 Å². The molecule has 0 saturated heterocycles. The third kappa shape index (κ3) is 2.72. The van der Waals surface area contributed by atoms with Gasteiger partial charge in [-0.05, 0) is 30.7 Å². The summed E-state index contributed by atoms with van der Waals surface area (Å²) in [5.41, 5.74) is 6.61. The van der Waals surface area contributed by atoms with E-state index >= 15 is 0 Å². The normalized spacial score (nSPS) is 12.5. The molecule has 0 aromatic heterocycles. The highest BCUT2D eigenvalue weighted by atomic mass is 16.5. The molecule has 0 bridgehead atoms. The molecule has 1 atom stereocenters. The van der Waals surface area contributed by atoms with E-state index in [1.165, 1.54) is 0 Å². The van der Waals surface area contributed by atoms with Crippen LogP contribution in [-0.2, 0) is 4.74 Å². The lowest BCUT2D eigenvalue weighted by Crippen LogP contribution is -2.09. The summed E-state index contributed by atoms with van der Waals surface area (Å²) in [7, 11) is 3.35. The standard InChI is InChI=1S/C11H17NO2/c1-13-10-5-3-4-9(8-10)11(14-2)6-7-12/h3-5,8,11H,6-7,12H2,1-2H3. The van der Waals surface area contributed by atoms with Crippen LogP contribution in [0, 0.1) is 0 Å². The molecule has 1 rings (SSSR count). The molecule has 3 nitrogen and oxygen atoms in total. The summed E-state index contributed by atoms with van der Waals surface area (Å²) in [4.78, 5) is 0. The largest absolute Gasteiger partial charge is 0.497 e. The smallest absolute Gasteiger partial charge is 0.119 e. The Hall–Kier alpha value is -1.06. The maximum Gasteiger partial charge on any atom is 0.119 e. The van der Waals surface area contributed by atoms with Crippen LogP contribution < -0.4 is 10.5 Å². The number of ether oxygens (including phenoxy) is 2. The van der Waals surface area contributed by atoms with Gasteiger partial charge in [0.15, 0.2) is 0 Å². The first-order valence-electron chi connectivity index (χ1n) is 4.68. The summed E-state index contributed by atoms with van der Waals surface area (Å²) < 4.78 is 10.5. The fourth-order valence-corrected chi connectivity index (χ4v) is 1.41. The van der Waals surface area contributed by atoms with Gasteiger partial charge in [0.25, 0.3) is 0 Å². The minimum absolute atomic E-state index is 0.0649. The Morgan fingerprint density at radius 2 is 2.14 bits per heavy atom. The van der Waals surface area contributed by atoms with E-state index in [2.05, 4.69) is 0 Å². The van der Waals surface area contributed by atoms with E-state index in [4.69, 9.17) is 15.2 Å². The highest BCUT2D eigenvalue weighted by Gasteiger charge is 2.09. The van der Waals surface area contributed by atoms with Crippen molar-refractivity contribution in [3.63, 3.8) is 0 Å². The summed E-state index contributed by atoms with van der Waals surface area (Å²) >= 11 is 0. The number of rotatable bonds is 5. The van der Waals surface area contributed by atoms with Crippen molar-refractivity contribution in [1.29, 1.82) is 0 Å². The van der Waals surface area contributed by atoms with Gasteiger partial charge in [-0.25, -0.2) is 0 Å². The second kappa shape index (κ2) is 5.62. The third-order valence-corrected chi connectivity index (χ3v) is 2.18. The van der Waals surface area contributed by atoms with Crippen molar-refractivity contribution in [3.8, 4) is 5.75 Å². The third-order valence-electron chi connectivity index (χ3n) is 2.18. The first-order valence-corrected chi connectivity index (χ1v) is 4.68. The molecule has 0 radical (unpaired) electrons. The van der Waals surface area contributed by atoms with Gasteiger partial charge in [0.2, 0.25) is 0 Å². The monoisotopic (exact) mass is 195 g/mol. The van der Waals surface area contributed by atoms with E-state index < -0.39 is 0 Å². The van der Waals surface area contributed by atoms with Crippen molar-refractivity contribution in [2.45, 2.75) is 12.5 Å². The number of methoxy groups -OCH3 is 2. The zero-order chi connectivity index (χ0) is 10.4. The predicted octanol–water partition coefficient (Wildman–Crippen LogP) is 1.73. The van der Waals surface area contributed by atoms with Crippen LogP contribution in [0.1, 0.15) is 18.1 Å². The van der Waals surface area contributed by atoms with Crippen LogP contribution in [0.3, 0.4) is 0 Å². The Labute approximate surface area is 84.8 Å². The van der Waals surface area contributed by atoms with Gasteiger partial charge in [-0.2, -0.15) is 0 Å². The van der Waals surface area contributed by atoms with E-state index in [1.807, 2.05) is 24.3 Å². The van der Waals surface area contributed by atoms with Crippen molar-refractivity contribution in [1.82, 2.24) is 0 Å². The van der Waals surface area contributed by atoms with E-state index in [0.29, 0.717) is 6.54 Å². The maximum atomic E-state index is 5.50. The average Bonchev–Trinajstić information content (AvgIpc) is 2.26. The van der Waals surface area contributed by atoms with Crippen LogP contribution in [0.4, 0.5) is 0 Å². The molecule has 14 heavy (non-hydrogen) atoms. The second-order valence-electron chi connectivity index (χ2n) is 3.08. The highest BCUT2D eigenvalue weighted by Crippen LogP contribution is 2.23. The number of benzene rings is 1. The molecule has 0 aliphatic carbocycles. The second-order valence-corrected chi connectivity index (χ2v) is 3.08. The first-order chi connectivity index (χ1) is 6.81. The van der Waals surface area contributed by atoms with Crippen molar-refractivity contribution in [2.24, 2.45) is 5.73 Å². The lowest BCUT2D eigenvalue weighted by molar-refractivity contribution is 0.0976. The highest BCUT2D eigenvalue weighted by molar-refractivity contribution is 5.29. The average molecular weight is 195 g/mol. The molecule has 0 saturated carbocycles. The fraction of sp³-hybridized carbons (Fsp3) is 0.455. The Morgan fingerprint density at radius 3 is 2.71 bits per heavy atom. The molecule has 2 N–H and O–H groups in total. The lowest BCUT2D eigenvalue weighted by atomic mass is 10.1. The molecule has 3 heteroatoms. The van der Waals surface area contributed by atoms with E-state index in [9.17, 15) is 0 Å². The van der Waals surface area contributed by atoms with Crippen LogP contribution in [0.2, 0.25) is 0 Å². The molecule has 0 spiro atoms. The van der Waals surface area contributed by atoms with Crippen LogP contribution in [0.25, 0.3) is 0 Å². The van der Waals surface area contributed by atoms with Crippen LogP contribution in [-0.4, -0.2) is 20.8 Å². The summed E-state index contributed by atoms with van der Waals surface area (Å²) in [5, 5.41) is 0. The summed E-state index contributed by atoms with van der Waals surface area (Å²) in [5.74, 6) is 0.849. The van der Waals surface area contributed by atoms with Crippen LogP contribution in [0.5, 0.6) is 5.75 Å². The van der Waals surface area contributed by atoms with Gasteiger partial charge in [0.1, 0.15) is 5.75 Å². The lowest BCUT2D eigenvalue weighted by Gasteiger charge is -2.15. The zero-order valence-electron chi connectivity index (χ0n) is 8.69. The summed E-state index contributed by atoms with van der Waals surface area (Å²) in [6.45, 7) is 0.621. The van der Waals surface area contributed by atoms with E-state index in [-0.39, 0.29) is 6.10 Å². The summed E-state index contributed by atoms with van der Waals surface area (Å²) in [6, 6.07) is 7.87. The van der Waals surface area contributed by atoms with Crippen molar-refractivity contribution in [2.75, 3.05) is 20.8 Å². The minimum atomic E-state index is 0.0649. The van der Waals surface area contributed by atoms with Crippen molar-refractivity contribution in [3.05, 3.63) is 29.8 Å². The topological polar surface area (TPSA) is 44.5 Å². The van der Waals surface area contributed by atoms with E-state index in [0.717, 1.165) is 17.7 Å². The number of nitrogens with two attached hydrogens (primary N) is 1. The first kappa shape index (κ1) is 11.0. The Bertz CT molecular complexity index is 276. The maximum absolute atomic E-state index is 5.50. The molecule has 78 valence electrons. The molecule has 0 aliphatic rings. The van der Waals surface area contributed by atoms with Gasteiger partial charge in [0.05, 0.1) is 13.2 Å². The molecular weight excluding hydrogens is 178 g/mol. The number of hydrogen-bond donors (Lipinski definition) is 1. The summed E-state index contributed by atoms with van der Waals surface area (Å²) in [6.07, 6.45) is 0.888. The quantitative estimate of drug-likeness (QED) is 0.778. The molecule has 0 amide bonds. The molecule has 1 aromatic carbocycles. The molecular formula is C11H17NO2. The molecule has 0 fully saturated rings. The Morgan fingerprint density at radius 1 is 1.36 bits per heavy atom. The zero-order valence-corrected chi connectivity index (χ0v) is 8.69. The molecule has 0 heterocycles. The van der Waals surface area contributed by atoms with Crippen LogP contribution >= 0.6 is 0 Å². The van der Waals surface area contributed by atoms with E-state index in [1.54, 1.807) is 14.2 Å². The van der Waals surface area contributed by atoms with Crippen LogP contribution in [0.15, 0.2) is 24.3 Å². The predicted molar refractivity (Wildman–Crippen MR) is 56.4 cm³/mol. The van der Waals surface area contributed by atoms with Gasteiger partial charge >= 0.3 is 0 Å². The Balaban J connectivity index is 2.80. The van der Waals surface area contributed by atoms with Gasteiger partial charge in [-0.3, -0.25) is 0 Å². The molecule has 0 aliphatic heterocycles. The van der Waals surface area contributed by atoms with Gasteiger partial charge in [0, 0.05) is 7.11 Å². The van der Waals surface area contributed by atoms with Crippen molar-refractivity contribution < 1.29 is 9.47 Å². The Kier molecular flexibility index (Phi) is 4.43. The fourth-order valence-electron chi connectivity index (χ4n) is 1.41. The molecule has 1 aromatic rings. The van der Waals surface area contributed by atoms with Gasteiger partial charge in [-0.1, -0.05) is 12.1 Å². The number of hydrogen-bond acceptors (Lipinski definition) is 3. The van der Waals surface area contributed by atoms with Crippen molar-refractivity contribution >= 4 is 0 Å².